The predicted octanol–water partition coefficient (Wildman–Crippen LogP) is 4.10. The van der Waals surface area contributed by atoms with Gasteiger partial charge in [0, 0.05) is 16.1 Å². The number of aromatic nitrogens is 3. The third-order valence-corrected chi connectivity index (χ3v) is 5.89. The molecule has 10 heteroatoms. The van der Waals surface area contributed by atoms with Crippen molar-refractivity contribution in [3.63, 3.8) is 0 Å². The molecule has 0 fully saturated rings. The Balaban J connectivity index is 1.42. The molecule has 0 spiro atoms. The van der Waals surface area contributed by atoms with Crippen LogP contribution in [-0.4, -0.2) is 32.3 Å². The number of carbonyl (C=O) groups is 2. The summed E-state index contributed by atoms with van der Waals surface area (Å²) in [7, 11) is 0. The topological polar surface area (TPSA) is 102 Å². The molecule has 0 unspecified atom stereocenters. The molecule has 4 aromatic rings. The molecule has 0 aliphatic heterocycles. The number of thioether (sulfide) groups is 1. The van der Waals surface area contributed by atoms with Crippen LogP contribution < -0.4 is 10.9 Å². The minimum Gasteiger partial charge on any atom is -0.467 e. The summed E-state index contributed by atoms with van der Waals surface area (Å²) in [5, 5.41) is 9.71. The lowest BCUT2D eigenvalue weighted by Crippen LogP contribution is -2.42. The van der Waals surface area contributed by atoms with Crippen molar-refractivity contribution in [1.29, 1.82) is 0 Å². The van der Waals surface area contributed by atoms with E-state index in [1.165, 1.54) is 11.8 Å². The van der Waals surface area contributed by atoms with Crippen LogP contribution in [0.4, 0.5) is 0 Å². The van der Waals surface area contributed by atoms with E-state index in [1.54, 1.807) is 36.6 Å². The second kappa shape index (κ2) is 10.4. The van der Waals surface area contributed by atoms with Gasteiger partial charge in [-0.25, -0.2) is 0 Å². The molecule has 33 heavy (non-hydrogen) atoms. The van der Waals surface area contributed by atoms with Gasteiger partial charge in [0.2, 0.25) is 5.91 Å². The molecular formula is C23H20ClN5O3S. The van der Waals surface area contributed by atoms with Crippen molar-refractivity contribution in [2.75, 3.05) is 5.75 Å². The van der Waals surface area contributed by atoms with Gasteiger partial charge in [-0.3, -0.25) is 25.0 Å². The number of hydrogen-bond acceptors (Lipinski definition) is 6. The Morgan fingerprint density at radius 1 is 1.03 bits per heavy atom. The molecule has 0 bridgehead atoms. The number of carbonyl (C=O) groups excluding carboxylic acids is 2. The van der Waals surface area contributed by atoms with Gasteiger partial charge in [-0.1, -0.05) is 41.1 Å². The van der Waals surface area contributed by atoms with E-state index in [-0.39, 0.29) is 17.6 Å². The molecule has 2 aromatic heterocycles. The monoisotopic (exact) mass is 481 g/mol. The smallest absolute Gasteiger partial charge is 0.269 e. The Labute approximate surface area is 199 Å². The first kappa shape index (κ1) is 22.6. The first-order valence-electron chi connectivity index (χ1n) is 10.00. The van der Waals surface area contributed by atoms with Crippen LogP contribution in [-0.2, 0) is 11.3 Å². The van der Waals surface area contributed by atoms with Gasteiger partial charge >= 0.3 is 0 Å². The molecule has 8 nitrogen and oxygen atoms in total. The summed E-state index contributed by atoms with van der Waals surface area (Å²) in [6.07, 6.45) is 1.60. The number of furan rings is 1. The van der Waals surface area contributed by atoms with Crippen LogP contribution in [0, 0.1) is 6.92 Å². The van der Waals surface area contributed by atoms with Gasteiger partial charge in [-0.15, -0.1) is 10.2 Å². The van der Waals surface area contributed by atoms with Crippen molar-refractivity contribution in [2.24, 2.45) is 0 Å². The number of halogens is 1. The Bertz CT molecular complexity index is 1240. The molecule has 0 aliphatic carbocycles. The van der Waals surface area contributed by atoms with E-state index in [9.17, 15) is 9.59 Å². The highest BCUT2D eigenvalue weighted by Crippen LogP contribution is 2.26. The van der Waals surface area contributed by atoms with Gasteiger partial charge < -0.3 is 4.42 Å². The zero-order valence-electron chi connectivity index (χ0n) is 17.6. The fraction of sp³-hybridized carbons (Fsp3) is 0.130. The van der Waals surface area contributed by atoms with Crippen molar-refractivity contribution in [3.8, 4) is 11.4 Å². The van der Waals surface area contributed by atoms with E-state index in [4.69, 9.17) is 16.0 Å². The van der Waals surface area contributed by atoms with Crippen LogP contribution >= 0.6 is 23.4 Å². The lowest BCUT2D eigenvalue weighted by molar-refractivity contribution is -0.119. The molecule has 0 saturated carbocycles. The lowest BCUT2D eigenvalue weighted by atomic mass is 10.1. The maximum absolute atomic E-state index is 12.3. The molecule has 4 rings (SSSR count). The summed E-state index contributed by atoms with van der Waals surface area (Å²) in [5.74, 6) is 0.617. The van der Waals surface area contributed by atoms with Gasteiger partial charge in [0.05, 0.1) is 18.6 Å². The van der Waals surface area contributed by atoms with E-state index in [0.717, 1.165) is 16.9 Å². The normalized spacial score (nSPS) is 10.7. The standard InChI is InChI=1S/C23H20ClN5O3S/c1-15-4-6-17(7-5-15)22(31)27-25-20(30)14-33-23-28-26-21(16-8-10-18(24)11-9-16)29(23)13-19-3-2-12-32-19/h2-12H,13-14H2,1H3,(H,25,30)(H,27,31). The van der Waals surface area contributed by atoms with Crippen LogP contribution in [0.3, 0.4) is 0 Å². The summed E-state index contributed by atoms with van der Waals surface area (Å²) < 4.78 is 7.34. The SMILES string of the molecule is Cc1ccc(C(=O)NNC(=O)CSc2nnc(-c3ccc(Cl)cc3)n2Cc2ccco2)cc1. The Morgan fingerprint density at radius 2 is 1.79 bits per heavy atom. The van der Waals surface area contributed by atoms with Gasteiger partial charge in [-0.05, 0) is 55.5 Å². The second-order valence-electron chi connectivity index (χ2n) is 7.14. The van der Waals surface area contributed by atoms with E-state index < -0.39 is 0 Å². The summed E-state index contributed by atoms with van der Waals surface area (Å²) in [5.41, 5.74) is 7.18. The second-order valence-corrected chi connectivity index (χ2v) is 8.51. The number of nitrogens with zero attached hydrogens (tertiary/aromatic N) is 3. The first-order chi connectivity index (χ1) is 16.0. The van der Waals surface area contributed by atoms with Crippen molar-refractivity contribution < 1.29 is 14.0 Å². The molecule has 0 aliphatic rings. The Hall–Kier alpha value is -3.56. The van der Waals surface area contributed by atoms with Gasteiger partial charge in [0.25, 0.3) is 5.91 Å². The molecule has 0 saturated heterocycles. The van der Waals surface area contributed by atoms with Crippen molar-refractivity contribution in [2.45, 2.75) is 18.6 Å². The number of amides is 2. The largest absolute Gasteiger partial charge is 0.467 e. The van der Waals surface area contributed by atoms with Crippen molar-refractivity contribution >= 4 is 35.2 Å². The average molecular weight is 482 g/mol. The quantitative estimate of drug-likeness (QED) is 0.304. The highest BCUT2D eigenvalue weighted by Gasteiger charge is 2.17. The molecule has 2 heterocycles. The fourth-order valence-electron chi connectivity index (χ4n) is 2.98. The summed E-state index contributed by atoms with van der Waals surface area (Å²) in [4.78, 5) is 24.5. The highest BCUT2D eigenvalue weighted by atomic mass is 35.5. The minimum absolute atomic E-state index is 0.0328. The lowest BCUT2D eigenvalue weighted by Gasteiger charge is -2.10. The molecule has 168 valence electrons. The van der Waals surface area contributed by atoms with Crippen LogP contribution in [0.1, 0.15) is 21.7 Å². The van der Waals surface area contributed by atoms with Crippen LogP contribution in [0.25, 0.3) is 11.4 Å². The summed E-state index contributed by atoms with van der Waals surface area (Å²) in [6.45, 7) is 2.33. The fourth-order valence-corrected chi connectivity index (χ4v) is 3.84. The number of hydrogen-bond donors (Lipinski definition) is 2. The number of hydrazine groups is 1. The molecule has 0 radical (unpaired) electrons. The number of aryl methyl sites for hydroxylation is 1. The minimum atomic E-state index is -0.389. The molecule has 2 aromatic carbocycles. The van der Waals surface area contributed by atoms with E-state index in [1.807, 2.05) is 41.8 Å². The predicted molar refractivity (Wildman–Crippen MR) is 126 cm³/mol. The number of rotatable bonds is 7. The molecule has 2 N–H and O–H groups in total. The maximum Gasteiger partial charge on any atom is 0.269 e. The third-order valence-electron chi connectivity index (χ3n) is 4.67. The zero-order valence-corrected chi connectivity index (χ0v) is 19.2. The van der Waals surface area contributed by atoms with Crippen molar-refractivity contribution in [1.82, 2.24) is 25.6 Å². The van der Waals surface area contributed by atoms with Crippen LogP contribution in [0.2, 0.25) is 5.02 Å². The summed E-state index contributed by atoms with van der Waals surface area (Å²) in [6, 6.07) is 18.0. The van der Waals surface area contributed by atoms with Gasteiger partial charge in [0.1, 0.15) is 5.76 Å². The first-order valence-corrected chi connectivity index (χ1v) is 11.4. The van der Waals surface area contributed by atoms with Gasteiger partial charge in [-0.2, -0.15) is 0 Å². The van der Waals surface area contributed by atoms with E-state index in [0.29, 0.717) is 28.1 Å². The number of nitrogens with one attached hydrogen (secondary N) is 2. The molecular weight excluding hydrogens is 462 g/mol. The van der Waals surface area contributed by atoms with E-state index >= 15 is 0 Å². The molecule has 2 amide bonds. The summed E-state index contributed by atoms with van der Waals surface area (Å²) >= 11 is 7.21. The maximum atomic E-state index is 12.3. The number of benzene rings is 2. The third kappa shape index (κ3) is 5.82. The zero-order chi connectivity index (χ0) is 23.2. The van der Waals surface area contributed by atoms with Crippen LogP contribution in [0.5, 0.6) is 0 Å². The Morgan fingerprint density at radius 3 is 2.48 bits per heavy atom. The van der Waals surface area contributed by atoms with E-state index in [2.05, 4.69) is 21.0 Å². The Kier molecular flexibility index (Phi) is 7.11. The average Bonchev–Trinajstić information content (AvgIpc) is 3.47. The molecule has 0 atom stereocenters. The highest BCUT2D eigenvalue weighted by molar-refractivity contribution is 7.99. The van der Waals surface area contributed by atoms with Crippen LogP contribution in [0.15, 0.2) is 76.5 Å². The van der Waals surface area contributed by atoms with Crippen molar-refractivity contribution in [3.05, 3.63) is 88.8 Å². The van der Waals surface area contributed by atoms with Gasteiger partial charge in [0.15, 0.2) is 11.0 Å².